The molecule has 0 saturated carbocycles. The molecule has 0 bridgehead atoms. The van der Waals surface area contributed by atoms with Crippen molar-refractivity contribution in [2.45, 2.75) is 96.9 Å². The van der Waals surface area contributed by atoms with Gasteiger partial charge in [0.2, 0.25) is 0 Å². The number of carbonyl (C=O) groups excluding carboxylic acids is 1. The molecule has 172 valence electrons. The second kappa shape index (κ2) is 16.3. The number of nitrogens with zero attached hydrogens (tertiary/aromatic N) is 1. The van der Waals surface area contributed by atoms with Crippen LogP contribution in [0.2, 0.25) is 0 Å². The lowest BCUT2D eigenvalue weighted by molar-refractivity contribution is -0.696. The van der Waals surface area contributed by atoms with Crippen molar-refractivity contribution in [3.63, 3.8) is 0 Å². The Morgan fingerprint density at radius 3 is 1.87 bits per heavy atom. The summed E-state index contributed by atoms with van der Waals surface area (Å²) in [6, 6.07) is 3.45. The van der Waals surface area contributed by atoms with Gasteiger partial charge in [-0.05, 0) is 6.42 Å². The van der Waals surface area contributed by atoms with Gasteiger partial charge in [0.15, 0.2) is 12.4 Å². The van der Waals surface area contributed by atoms with Crippen LogP contribution >= 0.6 is 0 Å². The second-order valence-electron chi connectivity index (χ2n) is 8.11. The SMILES string of the molecule is CCCCCCCCCCCCCCNC(=O)c1cc[n+](CCCS(=O)(=O)O)cc1. The maximum Gasteiger partial charge on any atom is 0.265 e. The Morgan fingerprint density at radius 2 is 1.37 bits per heavy atom. The maximum absolute atomic E-state index is 12.2. The number of amides is 1. The van der Waals surface area contributed by atoms with Crippen LogP contribution in [0.4, 0.5) is 0 Å². The highest BCUT2D eigenvalue weighted by Gasteiger charge is 2.10. The zero-order valence-corrected chi connectivity index (χ0v) is 19.5. The molecular formula is C23H41N2O4S+. The van der Waals surface area contributed by atoms with Crippen molar-refractivity contribution < 1.29 is 22.3 Å². The molecule has 0 unspecified atom stereocenters. The normalized spacial score (nSPS) is 11.5. The summed E-state index contributed by atoms with van der Waals surface area (Å²) < 4.78 is 32.0. The van der Waals surface area contributed by atoms with Gasteiger partial charge in [-0.25, -0.2) is 4.57 Å². The van der Waals surface area contributed by atoms with Crippen molar-refractivity contribution in [2.24, 2.45) is 0 Å². The van der Waals surface area contributed by atoms with E-state index in [1.807, 2.05) is 0 Å². The molecule has 30 heavy (non-hydrogen) atoms. The van der Waals surface area contributed by atoms with Crippen LogP contribution in [0, 0.1) is 0 Å². The molecule has 1 amide bonds. The summed E-state index contributed by atoms with van der Waals surface area (Å²) in [6.07, 6.45) is 19.4. The Kier molecular flexibility index (Phi) is 14.4. The van der Waals surface area contributed by atoms with Crippen LogP contribution in [0.3, 0.4) is 0 Å². The third-order valence-corrected chi connectivity index (χ3v) is 6.09. The van der Waals surface area contributed by atoms with E-state index in [4.69, 9.17) is 4.55 Å². The molecule has 1 heterocycles. The minimum atomic E-state index is -3.92. The Balaban J connectivity index is 2.02. The quantitative estimate of drug-likeness (QED) is 0.197. The Labute approximate surface area is 183 Å². The lowest BCUT2D eigenvalue weighted by atomic mass is 10.1. The van der Waals surface area contributed by atoms with Gasteiger partial charge in [0.05, 0.1) is 11.3 Å². The summed E-state index contributed by atoms with van der Waals surface area (Å²) >= 11 is 0. The van der Waals surface area contributed by atoms with Gasteiger partial charge in [0, 0.05) is 25.1 Å². The molecule has 0 spiro atoms. The van der Waals surface area contributed by atoms with Crippen LogP contribution in [0.1, 0.15) is 101 Å². The van der Waals surface area contributed by atoms with Gasteiger partial charge < -0.3 is 5.32 Å². The second-order valence-corrected chi connectivity index (χ2v) is 9.68. The molecule has 0 fully saturated rings. The minimum Gasteiger partial charge on any atom is -0.352 e. The van der Waals surface area contributed by atoms with E-state index < -0.39 is 10.1 Å². The Morgan fingerprint density at radius 1 is 0.867 bits per heavy atom. The molecule has 0 saturated heterocycles. The van der Waals surface area contributed by atoms with Crippen LogP contribution < -0.4 is 9.88 Å². The van der Waals surface area contributed by atoms with Crippen molar-refractivity contribution in [3.05, 3.63) is 30.1 Å². The molecule has 0 aromatic carbocycles. The van der Waals surface area contributed by atoms with Crippen LogP contribution in [0.25, 0.3) is 0 Å². The number of carbonyl (C=O) groups is 1. The number of pyridine rings is 1. The van der Waals surface area contributed by atoms with Crippen LogP contribution in [0.15, 0.2) is 24.5 Å². The van der Waals surface area contributed by atoms with E-state index in [-0.39, 0.29) is 11.7 Å². The van der Waals surface area contributed by atoms with Gasteiger partial charge in [-0.1, -0.05) is 77.6 Å². The monoisotopic (exact) mass is 441 g/mol. The smallest absolute Gasteiger partial charge is 0.265 e. The number of hydrogen-bond donors (Lipinski definition) is 2. The van der Waals surface area contributed by atoms with Gasteiger partial charge >= 0.3 is 0 Å². The van der Waals surface area contributed by atoms with E-state index in [0.29, 0.717) is 25.1 Å². The van der Waals surface area contributed by atoms with Gasteiger partial charge in [0.1, 0.15) is 6.54 Å². The Bertz CT molecular complexity index is 675. The number of unbranched alkanes of at least 4 members (excludes halogenated alkanes) is 11. The lowest BCUT2D eigenvalue weighted by Gasteiger charge is -2.05. The first-order valence-corrected chi connectivity index (χ1v) is 13.3. The lowest BCUT2D eigenvalue weighted by Crippen LogP contribution is -2.34. The average molecular weight is 442 g/mol. The number of nitrogens with one attached hydrogen (secondary N) is 1. The molecule has 0 radical (unpaired) electrons. The van der Waals surface area contributed by atoms with Crippen molar-refractivity contribution in [3.8, 4) is 0 Å². The molecule has 0 aliphatic heterocycles. The fourth-order valence-corrected chi connectivity index (χ4v) is 3.95. The molecule has 1 aromatic heterocycles. The summed E-state index contributed by atoms with van der Waals surface area (Å²) in [5.74, 6) is -0.343. The summed E-state index contributed by atoms with van der Waals surface area (Å²) in [5.41, 5.74) is 0.597. The topological polar surface area (TPSA) is 87.4 Å². The fourth-order valence-electron chi connectivity index (χ4n) is 3.46. The van der Waals surface area contributed by atoms with E-state index in [9.17, 15) is 13.2 Å². The zero-order valence-electron chi connectivity index (χ0n) is 18.7. The Hall–Kier alpha value is -1.47. The first kappa shape index (κ1) is 26.6. The molecule has 7 heteroatoms. The standard InChI is InChI=1S/C23H40N2O4S/c1-2-3-4-5-6-7-8-9-10-11-12-13-17-24-23(26)22-15-19-25(20-16-22)18-14-21-30(27,28)29/h15-16,19-20H,2-14,17-18,21H2,1H3,(H-,24,26,27,28,29)/p+1. The minimum absolute atomic E-state index is 0.0804. The maximum atomic E-state index is 12.2. The molecule has 0 aliphatic carbocycles. The van der Waals surface area contributed by atoms with Crippen LogP contribution in [0.5, 0.6) is 0 Å². The van der Waals surface area contributed by atoms with E-state index in [1.54, 1.807) is 29.1 Å². The first-order valence-electron chi connectivity index (χ1n) is 11.6. The van der Waals surface area contributed by atoms with E-state index >= 15 is 0 Å². The number of rotatable bonds is 18. The molecule has 0 aliphatic rings. The van der Waals surface area contributed by atoms with Gasteiger partial charge in [-0.2, -0.15) is 8.42 Å². The van der Waals surface area contributed by atoms with E-state index in [0.717, 1.165) is 12.8 Å². The van der Waals surface area contributed by atoms with Crippen LogP contribution in [-0.2, 0) is 16.7 Å². The van der Waals surface area contributed by atoms with Crippen molar-refractivity contribution in [1.29, 1.82) is 0 Å². The number of hydrogen-bond acceptors (Lipinski definition) is 3. The average Bonchev–Trinajstić information content (AvgIpc) is 2.71. The zero-order chi connectivity index (χ0) is 22.1. The van der Waals surface area contributed by atoms with Crippen molar-refractivity contribution >= 4 is 16.0 Å². The highest BCUT2D eigenvalue weighted by atomic mass is 32.2. The van der Waals surface area contributed by atoms with Gasteiger partial charge in [0.25, 0.3) is 16.0 Å². The van der Waals surface area contributed by atoms with Crippen LogP contribution in [-0.4, -0.2) is 31.2 Å². The highest BCUT2D eigenvalue weighted by Crippen LogP contribution is 2.11. The molecule has 1 aromatic rings. The molecular weight excluding hydrogens is 400 g/mol. The fraction of sp³-hybridized carbons (Fsp3) is 0.739. The van der Waals surface area contributed by atoms with Crippen molar-refractivity contribution in [1.82, 2.24) is 5.32 Å². The summed E-state index contributed by atoms with van der Waals surface area (Å²) in [5, 5.41) is 2.96. The molecule has 2 N–H and O–H groups in total. The van der Waals surface area contributed by atoms with E-state index in [2.05, 4.69) is 12.2 Å². The van der Waals surface area contributed by atoms with Gasteiger partial charge in [-0.15, -0.1) is 0 Å². The number of aromatic nitrogens is 1. The van der Waals surface area contributed by atoms with E-state index in [1.165, 1.54) is 64.2 Å². The predicted octanol–water partition coefficient (Wildman–Crippen LogP) is 4.68. The molecule has 1 rings (SSSR count). The van der Waals surface area contributed by atoms with Crippen molar-refractivity contribution in [2.75, 3.05) is 12.3 Å². The van der Waals surface area contributed by atoms with Gasteiger partial charge in [-0.3, -0.25) is 9.35 Å². The third-order valence-electron chi connectivity index (χ3n) is 5.29. The largest absolute Gasteiger partial charge is 0.352 e. The third kappa shape index (κ3) is 14.5. The first-order chi connectivity index (χ1) is 14.4. The summed E-state index contributed by atoms with van der Waals surface area (Å²) in [7, 11) is -3.92. The number of aryl methyl sites for hydroxylation is 1. The predicted molar refractivity (Wildman–Crippen MR) is 121 cm³/mol. The molecule has 6 nitrogen and oxygen atoms in total. The molecule has 0 atom stereocenters. The summed E-state index contributed by atoms with van der Waals surface area (Å²) in [4.78, 5) is 12.2. The summed E-state index contributed by atoms with van der Waals surface area (Å²) in [6.45, 7) is 3.42. The highest BCUT2D eigenvalue weighted by molar-refractivity contribution is 7.85.